The summed E-state index contributed by atoms with van der Waals surface area (Å²) in [4.78, 5) is 0. The standard InChI is InChI=1S/C33H46Cl2Si2/c1-31(2,3)21-14-8-9-15-23-37(7,32(34)22-20-26-16-10-12-18-29(26)32)33(35)28(25-36(4,5)6)24-27-17-11-13-19-30(27)33/h10-13,16-20,22,24H,8-9,14-15,21,23,25H2,1-7H3. The van der Waals surface area contributed by atoms with Gasteiger partial charge in [0.1, 0.15) is 8.07 Å². The van der Waals surface area contributed by atoms with Crippen LogP contribution in [-0.2, 0) is 8.99 Å². The number of hydrogen-bond acceptors (Lipinski definition) is 0. The van der Waals surface area contributed by atoms with Crippen LogP contribution in [0.2, 0.25) is 38.3 Å². The first-order valence-electron chi connectivity index (χ1n) is 14.2. The summed E-state index contributed by atoms with van der Waals surface area (Å²) in [6, 6.07) is 19.8. The fraction of sp³-hybridized carbons (Fsp3) is 0.515. The Kier molecular flexibility index (Phi) is 8.20. The Labute approximate surface area is 238 Å². The number of halogens is 2. The van der Waals surface area contributed by atoms with Crippen molar-refractivity contribution in [3.8, 4) is 0 Å². The Balaban J connectivity index is 1.76. The summed E-state index contributed by atoms with van der Waals surface area (Å²) in [6.07, 6.45) is 13.3. The van der Waals surface area contributed by atoms with Crippen LogP contribution >= 0.6 is 23.2 Å². The second-order valence-corrected chi connectivity index (χ2v) is 26.1. The molecular weight excluding hydrogens is 523 g/mol. The third-order valence-corrected chi connectivity index (χ3v) is 18.8. The number of alkyl halides is 2. The number of fused-ring (bicyclic) bond motifs is 2. The molecule has 0 nitrogen and oxygen atoms in total. The fourth-order valence-electron chi connectivity index (χ4n) is 6.63. The Hall–Kier alpha value is -1.07. The van der Waals surface area contributed by atoms with Crippen molar-refractivity contribution in [3.05, 3.63) is 82.4 Å². The van der Waals surface area contributed by atoms with Crippen LogP contribution in [0.1, 0.15) is 75.1 Å². The van der Waals surface area contributed by atoms with Gasteiger partial charge in [-0.2, -0.15) is 0 Å². The first-order valence-corrected chi connectivity index (χ1v) is 21.4. The average molecular weight is 570 g/mol. The predicted octanol–water partition coefficient (Wildman–Crippen LogP) is 11.2. The van der Waals surface area contributed by atoms with Gasteiger partial charge < -0.3 is 0 Å². The van der Waals surface area contributed by atoms with Gasteiger partial charge in [0.15, 0.2) is 0 Å². The van der Waals surface area contributed by atoms with Gasteiger partial charge in [0.05, 0.1) is 8.99 Å². The van der Waals surface area contributed by atoms with Gasteiger partial charge in [-0.3, -0.25) is 0 Å². The number of allylic oxidation sites excluding steroid dienone is 2. The monoisotopic (exact) mass is 568 g/mol. The molecule has 200 valence electrons. The van der Waals surface area contributed by atoms with E-state index >= 15 is 0 Å². The van der Waals surface area contributed by atoms with E-state index in [1.54, 1.807) is 0 Å². The van der Waals surface area contributed by atoms with Crippen molar-refractivity contribution in [2.75, 3.05) is 0 Å². The minimum Gasteiger partial charge on any atom is -0.113 e. The summed E-state index contributed by atoms with van der Waals surface area (Å²) in [5.41, 5.74) is 6.94. The molecule has 2 aliphatic carbocycles. The third kappa shape index (κ3) is 5.51. The van der Waals surface area contributed by atoms with Crippen LogP contribution < -0.4 is 0 Å². The van der Waals surface area contributed by atoms with Crippen molar-refractivity contribution >= 4 is 51.5 Å². The highest BCUT2D eigenvalue weighted by molar-refractivity contribution is 6.96. The zero-order chi connectivity index (χ0) is 27.1. The second-order valence-electron chi connectivity index (χ2n) is 14.1. The van der Waals surface area contributed by atoms with Crippen LogP contribution in [0.4, 0.5) is 0 Å². The molecule has 0 heterocycles. The first-order chi connectivity index (χ1) is 17.2. The predicted molar refractivity (Wildman–Crippen MR) is 172 cm³/mol. The molecule has 4 rings (SSSR count). The molecule has 2 aromatic rings. The van der Waals surface area contributed by atoms with Crippen molar-refractivity contribution in [3.63, 3.8) is 0 Å². The van der Waals surface area contributed by atoms with Crippen LogP contribution in [-0.4, -0.2) is 16.1 Å². The van der Waals surface area contributed by atoms with E-state index in [1.807, 2.05) is 0 Å². The minimum absolute atomic E-state index is 0.409. The molecule has 37 heavy (non-hydrogen) atoms. The maximum atomic E-state index is 8.21. The molecule has 2 aromatic carbocycles. The van der Waals surface area contributed by atoms with Crippen molar-refractivity contribution in [1.82, 2.24) is 0 Å². The number of hydrogen-bond donors (Lipinski definition) is 0. The molecule has 0 amide bonds. The van der Waals surface area contributed by atoms with Gasteiger partial charge in [-0.05, 0) is 40.1 Å². The summed E-state index contributed by atoms with van der Waals surface area (Å²) in [6.45, 7) is 16.9. The zero-order valence-electron chi connectivity index (χ0n) is 24.1. The van der Waals surface area contributed by atoms with Crippen LogP contribution in [0, 0.1) is 5.41 Å². The highest BCUT2D eigenvalue weighted by Gasteiger charge is 2.65. The summed E-state index contributed by atoms with van der Waals surface area (Å²) in [7, 11) is -3.92. The molecule has 0 aliphatic heterocycles. The Morgan fingerprint density at radius 2 is 1.35 bits per heavy atom. The molecule has 4 heteroatoms. The van der Waals surface area contributed by atoms with Gasteiger partial charge in [-0.15, -0.1) is 23.2 Å². The van der Waals surface area contributed by atoms with E-state index in [0.29, 0.717) is 5.41 Å². The molecule has 0 saturated heterocycles. The molecule has 0 spiro atoms. The number of benzene rings is 2. The summed E-state index contributed by atoms with van der Waals surface area (Å²) >= 11 is 16.2. The number of rotatable bonds is 10. The summed E-state index contributed by atoms with van der Waals surface area (Å²) in [5, 5.41) is 0. The number of unbranched alkanes of at least 4 members (excludes halogenated alkanes) is 3. The van der Waals surface area contributed by atoms with Gasteiger partial charge >= 0.3 is 0 Å². The van der Waals surface area contributed by atoms with Crippen LogP contribution in [0.3, 0.4) is 0 Å². The molecular formula is C33H46Cl2Si2. The lowest BCUT2D eigenvalue weighted by Gasteiger charge is -2.51. The average Bonchev–Trinajstić information content (AvgIpc) is 3.31. The van der Waals surface area contributed by atoms with Crippen molar-refractivity contribution in [1.29, 1.82) is 0 Å². The van der Waals surface area contributed by atoms with E-state index in [9.17, 15) is 0 Å². The van der Waals surface area contributed by atoms with Crippen molar-refractivity contribution < 1.29 is 0 Å². The Morgan fingerprint density at radius 3 is 2.00 bits per heavy atom. The zero-order valence-corrected chi connectivity index (χ0v) is 27.6. The molecule has 0 saturated carbocycles. The van der Waals surface area contributed by atoms with Crippen molar-refractivity contribution in [2.45, 2.75) is 100 Å². The largest absolute Gasteiger partial charge is 0.119 e. The first kappa shape index (κ1) is 28.9. The highest BCUT2D eigenvalue weighted by Crippen LogP contribution is 2.63. The lowest BCUT2D eigenvalue weighted by molar-refractivity contribution is 0.357. The molecule has 0 N–H and O–H groups in total. The smallest absolute Gasteiger partial charge is 0.113 e. The van der Waals surface area contributed by atoms with Crippen LogP contribution in [0.15, 0.2) is 60.2 Å². The normalized spacial score (nSPS) is 24.5. The molecule has 2 aliphatic rings. The Morgan fingerprint density at radius 1 is 0.757 bits per heavy atom. The van der Waals surface area contributed by atoms with E-state index in [4.69, 9.17) is 23.2 Å². The van der Waals surface area contributed by atoms with E-state index in [2.05, 4.69) is 114 Å². The molecule has 3 atom stereocenters. The maximum Gasteiger partial charge on any atom is 0.119 e. The quantitative estimate of drug-likeness (QED) is 0.152. The topological polar surface area (TPSA) is 0 Å². The Bertz CT molecular complexity index is 1190. The minimum atomic E-state index is -2.50. The molecule has 0 fully saturated rings. The van der Waals surface area contributed by atoms with Crippen LogP contribution in [0.5, 0.6) is 0 Å². The molecule has 0 aromatic heterocycles. The van der Waals surface area contributed by atoms with E-state index < -0.39 is 25.1 Å². The van der Waals surface area contributed by atoms with Gasteiger partial charge in [0.2, 0.25) is 0 Å². The van der Waals surface area contributed by atoms with Crippen LogP contribution in [0.25, 0.3) is 12.2 Å². The van der Waals surface area contributed by atoms with Gasteiger partial charge in [0.25, 0.3) is 0 Å². The van der Waals surface area contributed by atoms with E-state index in [-0.39, 0.29) is 0 Å². The van der Waals surface area contributed by atoms with Crippen molar-refractivity contribution in [2.24, 2.45) is 5.41 Å². The second kappa shape index (κ2) is 10.5. The SMILES string of the molecule is CC(C)(C)CCCCCC[Si](C)(C1(Cl)C=Cc2ccccc21)C1(Cl)C(C[Si](C)(C)C)=Cc2ccccc21. The molecule has 0 radical (unpaired) electrons. The molecule has 0 bridgehead atoms. The van der Waals surface area contributed by atoms with Gasteiger partial charge in [0, 0.05) is 8.07 Å². The van der Waals surface area contributed by atoms with Gasteiger partial charge in [-0.1, -0.05) is 151 Å². The van der Waals surface area contributed by atoms with Gasteiger partial charge in [-0.25, -0.2) is 0 Å². The summed E-state index contributed by atoms with van der Waals surface area (Å²) < 4.78 is -1.05. The van der Waals surface area contributed by atoms with E-state index in [1.165, 1.54) is 59.9 Å². The molecule has 3 unspecified atom stereocenters. The highest BCUT2D eigenvalue weighted by atomic mass is 35.5. The van der Waals surface area contributed by atoms with E-state index in [0.717, 1.165) is 12.1 Å². The fourth-order valence-corrected chi connectivity index (χ4v) is 15.7. The third-order valence-electron chi connectivity index (χ3n) is 8.59. The summed E-state index contributed by atoms with van der Waals surface area (Å²) in [5.74, 6) is 0. The maximum absolute atomic E-state index is 8.21. The lowest BCUT2D eigenvalue weighted by atomic mass is 9.89. The lowest BCUT2D eigenvalue weighted by Crippen LogP contribution is -2.62.